The number of rotatable bonds is 3. The van der Waals surface area contributed by atoms with Crippen LogP contribution in [0.25, 0.3) is 11.0 Å². The highest BCUT2D eigenvalue weighted by Crippen LogP contribution is 2.33. The number of halogens is 4. The van der Waals surface area contributed by atoms with Gasteiger partial charge in [-0.05, 0) is 56.1 Å². The molecular formula is C17H8Br2Cl2N2O4. The fraction of sp³-hybridized carbons (Fsp3) is 0. The Bertz CT molecular complexity index is 1140. The number of hydrogen-bond donors (Lipinski definition) is 2. The van der Waals surface area contributed by atoms with Crippen LogP contribution in [0, 0.1) is 0 Å². The summed E-state index contributed by atoms with van der Waals surface area (Å²) in [5.74, 6) is -0.565. The Morgan fingerprint density at radius 3 is 2.52 bits per heavy atom. The van der Waals surface area contributed by atoms with E-state index in [9.17, 15) is 14.7 Å². The quantitative estimate of drug-likeness (QED) is 0.361. The Hall–Kier alpha value is -1.87. The molecule has 2 N–H and O–H groups in total. The molecule has 0 aliphatic rings. The van der Waals surface area contributed by atoms with Crippen LogP contribution in [-0.2, 0) is 0 Å². The largest absolute Gasteiger partial charge is 0.506 e. The Balaban J connectivity index is 1.85. The molecule has 10 heteroatoms. The molecule has 1 aromatic heterocycles. The Morgan fingerprint density at radius 2 is 1.85 bits per heavy atom. The molecule has 0 fully saturated rings. The summed E-state index contributed by atoms with van der Waals surface area (Å²) >= 11 is 18.2. The molecule has 0 atom stereocenters. The zero-order valence-corrected chi connectivity index (χ0v) is 17.8. The predicted octanol–water partition coefficient (Wildman–Crippen LogP) is 5.09. The van der Waals surface area contributed by atoms with Crippen molar-refractivity contribution in [2.75, 3.05) is 0 Å². The highest BCUT2D eigenvalue weighted by Gasteiger charge is 2.12. The highest BCUT2D eigenvalue weighted by molar-refractivity contribution is 9.11. The lowest BCUT2D eigenvalue weighted by Gasteiger charge is -2.05. The average Bonchev–Trinajstić information content (AvgIpc) is 2.61. The van der Waals surface area contributed by atoms with Crippen molar-refractivity contribution >= 4 is 78.2 Å². The zero-order chi connectivity index (χ0) is 19.7. The second-order valence-corrected chi connectivity index (χ2v) is 7.82. The van der Waals surface area contributed by atoms with Gasteiger partial charge in [-0.1, -0.05) is 23.2 Å². The minimum absolute atomic E-state index is 0.0267. The summed E-state index contributed by atoms with van der Waals surface area (Å²) in [6, 6.07) is 5.77. The maximum atomic E-state index is 12.5. The summed E-state index contributed by atoms with van der Waals surface area (Å²) in [4.78, 5) is 24.6. The second kappa shape index (κ2) is 8.02. The summed E-state index contributed by atoms with van der Waals surface area (Å²) in [6.07, 6.45) is 2.34. The van der Waals surface area contributed by atoms with E-state index >= 15 is 0 Å². The van der Waals surface area contributed by atoms with Crippen molar-refractivity contribution in [3.63, 3.8) is 0 Å². The first kappa shape index (κ1) is 19.9. The molecule has 0 saturated heterocycles. The number of amides is 1. The number of nitrogens with one attached hydrogen (secondary N) is 1. The van der Waals surface area contributed by atoms with E-state index in [0.717, 1.165) is 6.21 Å². The van der Waals surface area contributed by atoms with Gasteiger partial charge in [0.2, 0.25) is 5.43 Å². The minimum atomic E-state index is -0.538. The lowest BCUT2D eigenvalue weighted by molar-refractivity contribution is 0.0955. The number of aromatic hydroxyl groups is 1. The molecular weight excluding hydrogens is 527 g/mol. The van der Waals surface area contributed by atoms with Gasteiger partial charge in [0.1, 0.15) is 12.0 Å². The summed E-state index contributed by atoms with van der Waals surface area (Å²) in [5.41, 5.74) is 2.46. The van der Waals surface area contributed by atoms with Crippen LogP contribution in [0.4, 0.5) is 0 Å². The van der Waals surface area contributed by atoms with Crippen molar-refractivity contribution in [3.05, 3.63) is 70.9 Å². The maximum Gasteiger partial charge on any atom is 0.271 e. The first-order valence-corrected chi connectivity index (χ1v) is 9.54. The normalized spacial score (nSPS) is 11.3. The molecule has 27 heavy (non-hydrogen) atoms. The molecule has 138 valence electrons. The average molecular weight is 535 g/mol. The first-order chi connectivity index (χ1) is 12.8. The molecule has 0 spiro atoms. The molecule has 3 aromatic rings. The molecule has 1 heterocycles. The second-order valence-electron chi connectivity index (χ2n) is 5.27. The van der Waals surface area contributed by atoms with Gasteiger partial charge in [-0.25, -0.2) is 5.43 Å². The van der Waals surface area contributed by atoms with Crippen molar-refractivity contribution in [2.24, 2.45) is 5.10 Å². The van der Waals surface area contributed by atoms with Crippen LogP contribution in [0.3, 0.4) is 0 Å². The van der Waals surface area contributed by atoms with Gasteiger partial charge >= 0.3 is 0 Å². The first-order valence-electron chi connectivity index (χ1n) is 7.20. The van der Waals surface area contributed by atoms with Gasteiger partial charge in [0.25, 0.3) is 5.91 Å². The molecule has 0 radical (unpaired) electrons. The van der Waals surface area contributed by atoms with Crippen molar-refractivity contribution in [1.82, 2.24) is 5.43 Å². The molecule has 0 bridgehead atoms. The number of nitrogens with zero attached hydrogens (tertiary/aromatic N) is 1. The van der Waals surface area contributed by atoms with E-state index in [1.165, 1.54) is 30.5 Å². The zero-order valence-electron chi connectivity index (χ0n) is 13.1. The van der Waals surface area contributed by atoms with E-state index in [2.05, 4.69) is 42.4 Å². The Morgan fingerprint density at radius 1 is 1.19 bits per heavy atom. The van der Waals surface area contributed by atoms with E-state index in [1.807, 2.05) is 0 Å². The van der Waals surface area contributed by atoms with Gasteiger partial charge in [-0.3, -0.25) is 9.59 Å². The van der Waals surface area contributed by atoms with Crippen LogP contribution in [0.5, 0.6) is 5.75 Å². The number of hydrogen-bond acceptors (Lipinski definition) is 5. The van der Waals surface area contributed by atoms with Crippen LogP contribution < -0.4 is 10.9 Å². The molecule has 0 unspecified atom stereocenters. The van der Waals surface area contributed by atoms with Crippen LogP contribution in [0.2, 0.25) is 10.0 Å². The molecule has 0 saturated carbocycles. The van der Waals surface area contributed by atoms with E-state index in [0.29, 0.717) is 14.0 Å². The van der Waals surface area contributed by atoms with E-state index < -0.39 is 11.3 Å². The van der Waals surface area contributed by atoms with Crippen LogP contribution in [-0.4, -0.2) is 17.2 Å². The van der Waals surface area contributed by atoms with Gasteiger partial charge in [-0.2, -0.15) is 5.10 Å². The number of benzene rings is 2. The van der Waals surface area contributed by atoms with Crippen LogP contribution >= 0.6 is 55.1 Å². The number of carbonyl (C=O) groups excluding carboxylic acids is 1. The number of fused-ring (bicyclic) bond motifs is 1. The third-order valence-electron chi connectivity index (χ3n) is 3.47. The summed E-state index contributed by atoms with van der Waals surface area (Å²) in [5, 5.41) is 14.2. The van der Waals surface area contributed by atoms with Crippen molar-refractivity contribution in [3.8, 4) is 5.75 Å². The predicted molar refractivity (Wildman–Crippen MR) is 111 cm³/mol. The monoisotopic (exact) mass is 532 g/mol. The highest BCUT2D eigenvalue weighted by atomic mass is 79.9. The third-order valence-corrected chi connectivity index (χ3v) is 5.18. The van der Waals surface area contributed by atoms with Crippen LogP contribution in [0.1, 0.15) is 15.9 Å². The Labute approximate surface area is 179 Å². The maximum absolute atomic E-state index is 12.5. The number of phenols is 1. The number of carbonyl (C=O) groups is 1. The van der Waals surface area contributed by atoms with Crippen molar-refractivity contribution in [1.29, 1.82) is 0 Å². The van der Waals surface area contributed by atoms with Gasteiger partial charge < -0.3 is 9.52 Å². The lowest BCUT2D eigenvalue weighted by atomic mass is 10.2. The van der Waals surface area contributed by atoms with Gasteiger partial charge in [-0.15, -0.1) is 0 Å². The molecule has 0 aliphatic heterocycles. The summed E-state index contributed by atoms with van der Waals surface area (Å²) < 4.78 is 6.05. The molecule has 0 aliphatic carbocycles. The summed E-state index contributed by atoms with van der Waals surface area (Å²) in [6.45, 7) is 0. The topological polar surface area (TPSA) is 91.9 Å². The number of hydrazone groups is 1. The summed E-state index contributed by atoms with van der Waals surface area (Å²) in [7, 11) is 0. The Kier molecular flexibility index (Phi) is 5.90. The molecule has 1 amide bonds. The fourth-order valence-electron chi connectivity index (χ4n) is 2.19. The van der Waals surface area contributed by atoms with E-state index in [4.69, 9.17) is 27.6 Å². The number of phenolic OH excluding ortho intramolecular Hbond substituents is 1. The van der Waals surface area contributed by atoms with E-state index in [-0.39, 0.29) is 32.9 Å². The fourth-order valence-corrected chi connectivity index (χ4v) is 3.92. The SMILES string of the molecule is O=C(NN=Cc1coc2c(Cl)cc(Cl)cc2c1=O)c1cc(Br)c(O)c(Br)c1. The van der Waals surface area contributed by atoms with Crippen LogP contribution in [0.15, 0.2) is 53.8 Å². The van der Waals surface area contributed by atoms with Gasteiger partial charge in [0.15, 0.2) is 5.58 Å². The minimum Gasteiger partial charge on any atom is -0.506 e. The molecule has 6 nitrogen and oxygen atoms in total. The van der Waals surface area contributed by atoms with Gasteiger partial charge in [0.05, 0.1) is 31.1 Å². The van der Waals surface area contributed by atoms with E-state index in [1.54, 1.807) is 0 Å². The smallest absolute Gasteiger partial charge is 0.271 e. The lowest BCUT2D eigenvalue weighted by Crippen LogP contribution is -2.18. The standard InChI is InChI=1S/C17H8Br2Cl2N2O4/c18-11-1-7(2-12(19)15(11)25)17(26)23-22-5-8-6-27-16-10(14(8)24)3-9(20)4-13(16)21/h1-6,25H,(H,23,26). The third kappa shape index (κ3) is 4.19. The van der Waals surface area contributed by atoms with Crippen molar-refractivity contribution < 1.29 is 14.3 Å². The molecule has 2 aromatic carbocycles. The molecule has 3 rings (SSSR count). The van der Waals surface area contributed by atoms with Gasteiger partial charge in [0, 0.05) is 10.6 Å². The van der Waals surface area contributed by atoms with Crippen molar-refractivity contribution in [2.45, 2.75) is 0 Å².